The standard InChI is InChI=1S/C18H18N6O4/c19-8-17(5-6-17)10-27-16(25)26-7-12-3-4-18(9-20,28-12)14-2-1-13-15(21)22-11-23-24(13)14/h1-2,11-12H,3-7,10H2,(H2,21,22,23)/t12-,18-/m0/s1. The molecule has 144 valence electrons. The summed E-state index contributed by atoms with van der Waals surface area (Å²) in [6, 6.07) is 7.83. The highest BCUT2D eigenvalue weighted by molar-refractivity contribution is 5.66. The van der Waals surface area contributed by atoms with Crippen LogP contribution in [0.15, 0.2) is 18.5 Å². The van der Waals surface area contributed by atoms with Crippen LogP contribution in [-0.2, 0) is 19.8 Å². The van der Waals surface area contributed by atoms with Crippen LogP contribution in [0.3, 0.4) is 0 Å². The summed E-state index contributed by atoms with van der Waals surface area (Å²) >= 11 is 0. The van der Waals surface area contributed by atoms with Gasteiger partial charge in [-0.25, -0.2) is 14.3 Å². The molecule has 0 spiro atoms. The largest absolute Gasteiger partial charge is 0.508 e. The lowest BCUT2D eigenvalue weighted by Gasteiger charge is -2.21. The fraction of sp³-hybridized carbons (Fsp3) is 0.500. The highest BCUT2D eigenvalue weighted by Gasteiger charge is 2.46. The monoisotopic (exact) mass is 382 g/mol. The molecule has 0 amide bonds. The van der Waals surface area contributed by atoms with E-state index in [-0.39, 0.29) is 13.2 Å². The molecule has 2 aromatic rings. The third-order valence-corrected chi connectivity index (χ3v) is 5.21. The highest BCUT2D eigenvalue weighted by Crippen LogP contribution is 2.45. The van der Waals surface area contributed by atoms with Gasteiger partial charge >= 0.3 is 6.16 Å². The summed E-state index contributed by atoms with van der Waals surface area (Å²) in [5, 5.41) is 22.9. The van der Waals surface area contributed by atoms with Crippen LogP contribution in [0.5, 0.6) is 0 Å². The lowest BCUT2D eigenvalue weighted by Crippen LogP contribution is -2.29. The molecule has 4 rings (SSSR count). The number of carbonyl (C=O) groups is 1. The lowest BCUT2D eigenvalue weighted by molar-refractivity contribution is -0.0472. The smallest absolute Gasteiger partial charge is 0.433 e. The Bertz CT molecular complexity index is 1000. The van der Waals surface area contributed by atoms with Gasteiger partial charge in [-0.3, -0.25) is 0 Å². The highest BCUT2D eigenvalue weighted by atomic mass is 16.7. The van der Waals surface area contributed by atoms with Gasteiger partial charge in [0.25, 0.3) is 0 Å². The first-order valence-corrected chi connectivity index (χ1v) is 8.89. The van der Waals surface area contributed by atoms with Crippen molar-refractivity contribution in [2.45, 2.75) is 37.4 Å². The van der Waals surface area contributed by atoms with Crippen molar-refractivity contribution in [3.8, 4) is 12.1 Å². The number of nitrogen functional groups attached to an aromatic ring is 1. The first-order chi connectivity index (χ1) is 13.5. The van der Waals surface area contributed by atoms with E-state index in [4.69, 9.17) is 25.2 Å². The van der Waals surface area contributed by atoms with Gasteiger partial charge < -0.3 is 19.9 Å². The zero-order chi connectivity index (χ0) is 19.8. The van der Waals surface area contributed by atoms with Crippen molar-refractivity contribution in [1.82, 2.24) is 14.6 Å². The molecule has 2 fully saturated rings. The molecule has 28 heavy (non-hydrogen) atoms. The average Bonchev–Trinajstić information content (AvgIpc) is 3.15. The number of nitrogens with zero attached hydrogens (tertiary/aromatic N) is 5. The maximum Gasteiger partial charge on any atom is 0.508 e. The summed E-state index contributed by atoms with van der Waals surface area (Å²) < 4.78 is 17.6. The number of anilines is 1. The lowest BCUT2D eigenvalue weighted by atomic mass is 9.98. The van der Waals surface area contributed by atoms with Crippen LogP contribution >= 0.6 is 0 Å². The first-order valence-electron chi connectivity index (χ1n) is 8.89. The molecule has 2 aromatic heterocycles. The number of aromatic nitrogens is 3. The quantitative estimate of drug-likeness (QED) is 0.762. The van der Waals surface area contributed by atoms with E-state index in [0.717, 1.165) is 12.8 Å². The van der Waals surface area contributed by atoms with E-state index in [2.05, 4.69) is 22.2 Å². The van der Waals surface area contributed by atoms with Crippen LogP contribution < -0.4 is 5.73 Å². The molecule has 0 aromatic carbocycles. The van der Waals surface area contributed by atoms with Gasteiger partial charge in [-0.15, -0.1) is 0 Å². The predicted octanol–water partition coefficient (Wildman–Crippen LogP) is 1.67. The van der Waals surface area contributed by atoms with E-state index >= 15 is 0 Å². The summed E-state index contributed by atoms with van der Waals surface area (Å²) in [5.41, 5.74) is 5.22. The van der Waals surface area contributed by atoms with Crippen LogP contribution in [0.1, 0.15) is 31.4 Å². The number of hydrogen-bond acceptors (Lipinski definition) is 9. The number of nitrogens with two attached hydrogens (primary N) is 1. The van der Waals surface area contributed by atoms with Gasteiger partial charge in [0, 0.05) is 0 Å². The number of nitriles is 2. The molecule has 3 heterocycles. The van der Waals surface area contributed by atoms with Gasteiger partial charge in [-0.1, -0.05) is 0 Å². The Hall–Kier alpha value is -3.37. The van der Waals surface area contributed by atoms with E-state index < -0.39 is 23.3 Å². The van der Waals surface area contributed by atoms with Gasteiger partial charge in [-0.05, 0) is 37.8 Å². The van der Waals surface area contributed by atoms with Crippen molar-refractivity contribution >= 4 is 17.5 Å². The predicted molar refractivity (Wildman–Crippen MR) is 93.4 cm³/mol. The molecular formula is C18H18N6O4. The zero-order valence-electron chi connectivity index (χ0n) is 15.0. The van der Waals surface area contributed by atoms with E-state index in [1.165, 1.54) is 6.33 Å². The van der Waals surface area contributed by atoms with Crippen LogP contribution in [0, 0.1) is 28.1 Å². The molecule has 2 atom stereocenters. The summed E-state index contributed by atoms with van der Waals surface area (Å²) in [6.45, 7) is -0.00445. The van der Waals surface area contributed by atoms with Crippen molar-refractivity contribution in [1.29, 1.82) is 10.5 Å². The molecular weight excluding hydrogens is 364 g/mol. The van der Waals surface area contributed by atoms with E-state index in [0.29, 0.717) is 29.9 Å². The Morgan fingerprint density at radius 2 is 2.14 bits per heavy atom. The number of carbonyl (C=O) groups excluding carboxylic acids is 1. The SMILES string of the molecule is N#CC1(COC(=O)OC[C@@H]2CC[C@](C#N)(c3ccc4c(N)ncnn34)O2)CC1. The minimum atomic E-state index is -1.22. The Balaban J connectivity index is 1.39. The molecule has 1 aliphatic carbocycles. The normalized spacial score (nSPS) is 25.0. The Labute approximate surface area is 160 Å². The molecule has 1 saturated heterocycles. The number of ether oxygens (including phenoxy) is 3. The van der Waals surface area contributed by atoms with Crippen molar-refractivity contribution in [3.63, 3.8) is 0 Å². The third-order valence-electron chi connectivity index (χ3n) is 5.21. The van der Waals surface area contributed by atoms with Crippen LogP contribution in [-0.4, -0.2) is 40.1 Å². The summed E-state index contributed by atoms with van der Waals surface area (Å²) in [6.07, 6.45) is 2.42. The molecule has 0 radical (unpaired) electrons. The second kappa shape index (κ2) is 6.66. The van der Waals surface area contributed by atoms with Crippen LogP contribution in [0.2, 0.25) is 0 Å². The molecule has 1 aliphatic heterocycles. The van der Waals surface area contributed by atoms with E-state index in [9.17, 15) is 10.1 Å². The number of rotatable bonds is 5. The summed E-state index contributed by atoms with van der Waals surface area (Å²) in [4.78, 5) is 15.7. The number of fused-ring (bicyclic) bond motifs is 1. The van der Waals surface area contributed by atoms with Gasteiger partial charge in [0.1, 0.15) is 31.1 Å². The fourth-order valence-electron chi connectivity index (χ4n) is 3.31. The Morgan fingerprint density at radius 3 is 2.86 bits per heavy atom. The molecule has 10 nitrogen and oxygen atoms in total. The van der Waals surface area contributed by atoms with Gasteiger partial charge in [0.2, 0.25) is 0 Å². The van der Waals surface area contributed by atoms with Crippen molar-refractivity contribution in [2.24, 2.45) is 5.41 Å². The maximum absolute atomic E-state index is 11.8. The van der Waals surface area contributed by atoms with E-state index in [1.807, 2.05) is 0 Å². The molecule has 1 saturated carbocycles. The third kappa shape index (κ3) is 3.08. The van der Waals surface area contributed by atoms with Gasteiger partial charge in [0.05, 0.1) is 23.3 Å². The zero-order valence-corrected chi connectivity index (χ0v) is 15.0. The topological polar surface area (TPSA) is 149 Å². The van der Waals surface area contributed by atoms with Crippen molar-refractivity contribution < 1.29 is 19.0 Å². The minimum Gasteiger partial charge on any atom is -0.433 e. The molecule has 0 bridgehead atoms. The van der Waals surface area contributed by atoms with E-state index in [1.54, 1.807) is 16.6 Å². The Morgan fingerprint density at radius 1 is 1.32 bits per heavy atom. The van der Waals surface area contributed by atoms with Gasteiger partial charge in [-0.2, -0.15) is 15.6 Å². The van der Waals surface area contributed by atoms with Crippen molar-refractivity contribution in [2.75, 3.05) is 18.9 Å². The first kappa shape index (κ1) is 18.0. The molecule has 0 unspecified atom stereocenters. The second-order valence-corrected chi connectivity index (χ2v) is 7.12. The number of hydrogen-bond donors (Lipinski definition) is 1. The fourth-order valence-corrected chi connectivity index (χ4v) is 3.31. The summed E-state index contributed by atoms with van der Waals surface area (Å²) in [7, 11) is 0. The second-order valence-electron chi connectivity index (χ2n) is 7.12. The average molecular weight is 382 g/mol. The maximum atomic E-state index is 11.8. The molecule has 10 heteroatoms. The molecule has 2 aliphatic rings. The van der Waals surface area contributed by atoms with Gasteiger partial charge in [0.15, 0.2) is 11.4 Å². The Kier molecular flexibility index (Phi) is 4.28. The summed E-state index contributed by atoms with van der Waals surface area (Å²) in [5.74, 6) is 0.306. The van der Waals surface area contributed by atoms with Crippen LogP contribution in [0.4, 0.5) is 10.6 Å². The van der Waals surface area contributed by atoms with Crippen LogP contribution in [0.25, 0.3) is 5.52 Å². The van der Waals surface area contributed by atoms with Crippen molar-refractivity contribution in [3.05, 3.63) is 24.2 Å². The minimum absolute atomic E-state index is 0.0350. The molecule has 2 N–H and O–H groups in total.